The van der Waals surface area contributed by atoms with Gasteiger partial charge in [-0.05, 0) is 25.0 Å². The van der Waals surface area contributed by atoms with Gasteiger partial charge in [-0.25, -0.2) is 13.4 Å². The molecule has 4 heterocycles. The van der Waals surface area contributed by atoms with Gasteiger partial charge in [-0.2, -0.15) is 4.31 Å². The average Bonchev–Trinajstić information content (AvgIpc) is 2.97. The van der Waals surface area contributed by atoms with Crippen molar-refractivity contribution in [3.8, 4) is 0 Å². The van der Waals surface area contributed by atoms with Crippen LogP contribution >= 0.6 is 11.6 Å². The smallest absolute Gasteiger partial charge is 0.262 e. The van der Waals surface area contributed by atoms with E-state index >= 15 is 0 Å². The van der Waals surface area contributed by atoms with E-state index in [0.717, 1.165) is 12.8 Å². The molecule has 0 spiro atoms. The Bertz CT molecular complexity index is 792. The van der Waals surface area contributed by atoms with Crippen LogP contribution in [0, 0.1) is 0 Å². The summed E-state index contributed by atoms with van der Waals surface area (Å²) in [5.74, 6) is 0. The number of fused-ring (bicyclic) bond motifs is 3. The lowest BCUT2D eigenvalue weighted by molar-refractivity contribution is -0.0115. The van der Waals surface area contributed by atoms with Crippen LogP contribution in [0.25, 0.3) is 5.65 Å². The first kappa shape index (κ1) is 13.5. The summed E-state index contributed by atoms with van der Waals surface area (Å²) >= 11 is 6.09. The predicted octanol–water partition coefficient (Wildman–Crippen LogP) is 1.54. The first-order valence-corrected chi connectivity index (χ1v) is 8.66. The van der Waals surface area contributed by atoms with E-state index in [1.807, 2.05) is 0 Å². The molecule has 2 aliphatic rings. The van der Waals surface area contributed by atoms with E-state index in [1.165, 1.54) is 8.71 Å². The summed E-state index contributed by atoms with van der Waals surface area (Å²) in [7, 11) is -3.68. The molecule has 2 unspecified atom stereocenters. The van der Waals surface area contributed by atoms with Crippen LogP contribution in [0.2, 0.25) is 5.15 Å². The summed E-state index contributed by atoms with van der Waals surface area (Å²) in [6, 6.07) is 5.28. The van der Waals surface area contributed by atoms with Crippen LogP contribution in [0.4, 0.5) is 0 Å². The van der Waals surface area contributed by atoms with Crippen molar-refractivity contribution < 1.29 is 13.2 Å². The van der Waals surface area contributed by atoms with Gasteiger partial charge in [-0.15, -0.1) is 0 Å². The third-order valence-electron chi connectivity index (χ3n) is 4.04. The Hall–Kier alpha value is -1.15. The number of aromatic nitrogens is 2. The molecule has 2 saturated heterocycles. The molecule has 0 aromatic carbocycles. The van der Waals surface area contributed by atoms with E-state index in [9.17, 15) is 8.42 Å². The van der Waals surface area contributed by atoms with Crippen molar-refractivity contribution in [3.05, 3.63) is 29.5 Å². The van der Waals surface area contributed by atoms with E-state index in [4.69, 9.17) is 16.3 Å². The topological polar surface area (TPSA) is 63.9 Å². The number of rotatable bonds is 2. The molecular weight excluding hydrogens is 314 g/mol. The molecule has 0 aliphatic carbocycles. The van der Waals surface area contributed by atoms with Gasteiger partial charge >= 0.3 is 0 Å². The number of hydrogen-bond donors (Lipinski definition) is 0. The molecule has 21 heavy (non-hydrogen) atoms. The Morgan fingerprint density at radius 2 is 1.95 bits per heavy atom. The van der Waals surface area contributed by atoms with Crippen LogP contribution < -0.4 is 0 Å². The van der Waals surface area contributed by atoms with Gasteiger partial charge in [-0.1, -0.05) is 17.7 Å². The molecule has 2 atom stereocenters. The van der Waals surface area contributed by atoms with Crippen molar-refractivity contribution in [2.75, 3.05) is 13.1 Å². The molecule has 112 valence electrons. The van der Waals surface area contributed by atoms with E-state index in [0.29, 0.717) is 18.7 Å². The summed E-state index contributed by atoms with van der Waals surface area (Å²) < 4.78 is 34.5. The second kappa shape index (κ2) is 4.67. The van der Waals surface area contributed by atoms with Crippen LogP contribution in [-0.2, 0) is 14.8 Å². The van der Waals surface area contributed by atoms with Gasteiger partial charge in [0.05, 0.1) is 12.2 Å². The van der Waals surface area contributed by atoms with Crippen LogP contribution in [0.5, 0.6) is 0 Å². The number of ether oxygens (including phenoxy) is 1. The van der Waals surface area contributed by atoms with Gasteiger partial charge in [0.15, 0.2) is 10.2 Å². The summed E-state index contributed by atoms with van der Waals surface area (Å²) in [6.45, 7) is 0.768. The Balaban J connectivity index is 1.81. The average molecular weight is 328 g/mol. The molecule has 2 bridgehead atoms. The SMILES string of the molecule is O=S(=O)(c1c(Cl)nc2ccccn12)N1CC2CCC(C1)O2. The fourth-order valence-electron chi connectivity index (χ4n) is 3.07. The second-order valence-corrected chi connectivity index (χ2v) is 7.63. The molecule has 0 N–H and O–H groups in total. The number of morpholine rings is 1. The Morgan fingerprint density at radius 1 is 1.24 bits per heavy atom. The molecule has 4 rings (SSSR count). The van der Waals surface area contributed by atoms with E-state index in [-0.39, 0.29) is 22.4 Å². The summed E-state index contributed by atoms with van der Waals surface area (Å²) in [4.78, 5) is 4.12. The zero-order valence-electron chi connectivity index (χ0n) is 11.1. The minimum Gasteiger partial charge on any atom is -0.372 e. The standard InChI is InChI=1S/C13H14ClN3O3S/c14-12-13(17-6-2-1-3-11(17)15-12)21(18,19)16-7-9-4-5-10(8-16)20-9/h1-3,6,9-10H,4-5,7-8H2. The molecule has 2 fully saturated rings. The maximum atomic E-state index is 12.9. The number of imidazole rings is 1. The highest BCUT2D eigenvalue weighted by atomic mass is 35.5. The van der Waals surface area contributed by atoms with Crippen LogP contribution in [0.3, 0.4) is 0 Å². The Labute approximate surface area is 127 Å². The largest absolute Gasteiger partial charge is 0.372 e. The maximum Gasteiger partial charge on any atom is 0.262 e. The molecule has 2 aromatic heterocycles. The normalized spacial score (nSPS) is 26.5. The van der Waals surface area contributed by atoms with E-state index in [1.54, 1.807) is 24.4 Å². The van der Waals surface area contributed by atoms with Crippen molar-refractivity contribution in [1.29, 1.82) is 0 Å². The van der Waals surface area contributed by atoms with Gasteiger partial charge in [0, 0.05) is 19.3 Å². The van der Waals surface area contributed by atoms with Crippen molar-refractivity contribution >= 4 is 27.3 Å². The number of halogens is 1. The first-order chi connectivity index (χ1) is 10.1. The lowest BCUT2D eigenvalue weighted by atomic mass is 10.2. The maximum absolute atomic E-state index is 12.9. The fourth-order valence-corrected chi connectivity index (χ4v) is 5.17. The second-order valence-electron chi connectivity index (χ2n) is 5.42. The zero-order chi connectivity index (χ0) is 14.6. The van der Waals surface area contributed by atoms with Gasteiger partial charge in [0.2, 0.25) is 0 Å². The highest BCUT2D eigenvalue weighted by Gasteiger charge is 2.41. The summed E-state index contributed by atoms with van der Waals surface area (Å²) in [6.07, 6.45) is 3.48. The molecular formula is C13H14ClN3O3S. The van der Waals surface area contributed by atoms with Crippen molar-refractivity contribution in [1.82, 2.24) is 13.7 Å². The third-order valence-corrected chi connectivity index (χ3v) is 6.27. The number of pyridine rings is 1. The fraction of sp³-hybridized carbons (Fsp3) is 0.462. The number of sulfonamides is 1. The quantitative estimate of drug-likeness (QED) is 0.839. The van der Waals surface area contributed by atoms with Gasteiger partial charge in [-0.3, -0.25) is 4.40 Å². The van der Waals surface area contributed by atoms with E-state index in [2.05, 4.69) is 4.98 Å². The van der Waals surface area contributed by atoms with Crippen LogP contribution in [0.1, 0.15) is 12.8 Å². The molecule has 0 saturated carbocycles. The summed E-state index contributed by atoms with van der Waals surface area (Å²) in [5, 5.41) is 0.0566. The predicted molar refractivity (Wildman–Crippen MR) is 76.9 cm³/mol. The van der Waals surface area contributed by atoms with E-state index < -0.39 is 10.0 Å². The number of hydrogen-bond acceptors (Lipinski definition) is 4. The Kier molecular flexibility index (Phi) is 3.01. The first-order valence-electron chi connectivity index (χ1n) is 6.84. The van der Waals surface area contributed by atoms with Crippen molar-refractivity contribution in [3.63, 3.8) is 0 Å². The molecule has 6 nitrogen and oxygen atoms in total. The third kappa shape index (κ3) is 2.07. The molecule has 2 aromatic rings. The lowest BCUT2D eigenvalue weighted by Gasteiger charge is -2.30. The van der Waals surface area contributed by atoms with Crippen LogP contribution in [-0.4, -0.2) is 47.4 Å². The highest BCUT2D eigenvalue weighted by Crippen LogP contribution is 2.32. The highest BCUT2D eigenvalue weighted by molar-refractivity contribution is 7.89. The van der Waals surface area contributed by atoms with Gasteiger partial charge < -0.3 is 4.74 Å². The van der Waals surface area contributed by atoms with Gasteiger partial charge in [0.25, 0.3) is 10.0 Å². The minimum atomic E-state index is -3.68. The lowest BCUT2D eigenvalue weighted by Crippen LogP contribution is -2.46. The molecule has 2 aliphatic heterocycles. The minimum absolute atomic E-state index is 0.00325. The number of nitrogens with zero attached hydrogens (tertiary/aromatic N) is 3. The van der Waals surface area contributed by atoms with Crippen molar-refractivity contribution in [2.45, 2.75) is 30.1 Å². The molecule has 0 amide bonds. The molecule has 8 heteroatoms. The van der Waals surface area contributed by atoms with Gasteiger partial charge in [0.1, 0.15) is 5.65 Å². The van der Waals surface area contributed by atoms with Crippen molar-refractivity contribution in [2.24, 2.45) is 0 Å². The van der Waals surface area contributed by atoms with Crippen LogP contribution in [0.15, 0.2) is 29.4 Å². The summed E-state index contributed by atoms with van der Waals surface area (Å²) in [5.41, 5.74) is 0.525. The monoisotopic (exact) mass is 327 g/mol. The Morgan fingerprint density at radius 3 is 2.67 bits per heavy atom. The zero-order valence-corrected chi connectivity index (χ0v) is 12.7. The molecule has 0 radical (unpaired) electrons.